The fourth-order valence-corrected chi connectivity index (χ4v) is 2.33. The van der Waals surface area contributed by atoms with Crippen molar-refractivity contribution < 1.29 is 9.53 Å². The smallest absolute Gasteiger partial charge is 0.319 e. The Morgan fingerprint density at radius 2 is 2.04 bits per heavy atom. The number of carbonyl (C=O) groups excluding carboxylic acids is 1. The maximum Gasteiger partial charge on any atom is 0.319 e. The molecule has 0 aliphatic heterocycles. The van der Waals surface area contributed by atoms with Crippen LogP contribution in [0, 0.1) is 11.3 Å². The van der Waals surface area contributed by atoms with Crippen LogP contribution < -0.4 is 15.4 Å². The molecule has 0 bridgehead atoms. The zero-order valence-electron chi connectivity index (χ0n) is 13.4. The van der Waals surface area contributed by atoms with E-state index in [9.17, 15) is 4.79 Å². The average molecular weight is 332 g/mol. The quantitative estimate of drug-likeness (QED) is 0.702. The summed E-state index contributed by atoms with van der Waals surface area (Å²) in [6, 6.07) is 18.0. The molecule has 3 rings (SSSR count). The molecule has 6 heteroatoms. The van der Waals surface area contributed by atoms with Gasteiger partial charge < -0.3 is 15.4 Å². The lowest BCUT2D eigenvalue weighted by molar-refractivity contribution is 0.247. The number of pyridine rings is 1. The number of hydrogen-bond donors (Lipinski definition) is 2. The number of hydrogen-bond acceptors (Lipinski definition) is 4. The normalized spacial score (nSPS) is 10.0. The fraction of sp³-hybridized carbons (Fsp3) is 0.105. The van der Waals surface area contributed by atoms with Gasteiger partial charge in [0.25, 0.3) is 0 Å². The third-order valence-electron chi connectivity index (χ3n) is 3.53. The van der Waals surface area contributed by atoms with Crippen LogP contribution in [0.1, 0.15) is 5.56 Å². The molecule has 0 saturated heterocycles. The Morgan fingerprint density at radius 3 is 2.92 bits per heavy atom. The fourth-order valence-electron chi connectivity index (χ4n) is 2.33. The Kier molecular flexibility index (Phi) is 5.07. The molecular weight excluding hydrogens is 316 g/mol. The molecule has 1 heterocycles. The summed E-state index contributed by atoms with van der Waals surface area (Å²) in [5, 5.41) is 15.3. The van der Waals surface area contributed by atoms with Gasteiger partial charge >= 0.3 is 6.03 Å². The lowest BCUT2D eigenvalue weighted by Crippen LogP contribution is -2.32. The molecule has 2 N–H and O–H groups in total. The number of nitrogens with zero attached hydrogens (tertiary/aromatic N) is 2. The van der Waals surface area contributed by atoms with E-state index in [4.69, 9.17) is 10.00 Å². The number of anilines is 1. The SMILES string of the molecule is N#Cc1ccccc1NC(=O)NCCOc1ccc2ncccc2c1. The summed E-state index contributed by atoms with van der Waals surface area (Å²) < 4.78 is 5.64. The Labute approximate surface area is 145 Å². The van der Waals surface area contributed by atoms with Gasteiger partial charge in [-0.05, 0) is 36.4 Å². The molecule has 0 spiro atoms. The Morgan fingerprint density at radius 1 is 1.16 bits per heavy atom. The Balaban J connectivity index is 1.47. The topological polar surface area (TPSA) is 87.0 Å². The summed E-state index contributed by atoms with van der Waals surface area (Å²) in [7, 11) is 0. The van der Waals surface area contributed by atoms with E-state index in [1.54, 1.807) is 30.5 Å². The number of aromatic nitrogens is 1. The van der Waals surface area contributed by atoms with Gasteiger partial charge in [-0.1, -0.05) is 18.2 Å². The number of rotatable bonds is 5. The largest absolute Gasteiger partial charge is 0.492 e. The minimum Gasteiger partial charge on any atom is -0.492 e. The van der Waals surface area contributed by atoms with Gasteiger partial charge in [0.1, 0.15) is 18.4 Å². The molecule has 3 aromatic rings. The third kappa shape index (κ3) is 4.24. The van der Waals surface area contributed by atoms with Crippen molar-refractivity contribution in [3.8, 4) is 11.8 Å². The molecule has 2 aromatic carbocycles. The summed E-state index contributed by atoms with van der Waals surface area (Å²) >= 11 is 0. The van der Waals surface area contributed by atoms with Crippen molar-refractivity contribution in [2.75, 3.05) is 18.5 Å². The molecule has 0 aliphatic rings. The second-order valence-corrected chi connectivity index (χ2v) is 5.24. The van der Waals surface area contributed by atoms with Gasteiger partial charge in [-0.2, -0.15) is 5.26 Å². The number of nitriles is 1. The number of urea groups is 1. The highest BCUT2D eigenvalue weighted by molar-refractivity contribution is 5.90. The summed E-state index contributed by atoms with van der Waals surface area (Å²) in [4.78, 5) is 16.1. The van der Waals surface area contributed by atoms with Crippen molar-refractivity contribution in [2.24, 2.45) is 0 Å². The van der Waals surface area contributed by atoms with E-state index in [2.05, 4.69) is 15.6 Å². The highest BCUT2D eigenvalue weighted by Crippen LogP contribution is 2.18. The van der Waals surface area contributed by atoms with Crippen molar-refractivity contribution in [2.45, 2.75) is 0 Å². The number of carbonyl (C=O) groups is 1. The van der Waals surface area contributed by atoms with Gasteiger partial charge in [0.2, 0.25) is 0 Å². The molecule has 6 nitrogen and oxygen atoms in total. The third-order valence-corrected chi connectivity index (χ3v) is 3.53. The van der Waals surface area contributed by atoms with E-state index in [1.807, 2.05) is 36.4 Å². The van der Waals surface area contributed by atoms with Crippen LogP contribution in [0.3, 0.4) is 0 Å². The van der Waals surface area contributed by atoms with Crippen LogP contribution in [0.5, 0.6) is 5.75 Å². The van der Waals surface area contributed by atoms with Crippen LogP contribution in [0.25, 0.3) is 10.9 Å². The zero-order chi connectivity index (χ0) is 17.5. The predicted molar refractivity (Wildman–Crippen MR) is 95.4 cm³/mol. The monoisotopic (exact) mass is 332 g/mol. The highest BCUT2D eigenvalue weighted by Gasteiger charge is 2.05. The van der Waals surface area contributed by atoms with Gasteiger partial charge in [-0.15, -0.1) is 0 Å². The zero-order valence-corrected chi connectivity index (χ0v) is 13.4. The van der Waals surface area contributed by atoms with E-state index < -0.39 is 0 Å². The molecule has 124 valence electrons. The van der Waals surface area contributed by atoms with Crippen LogP contribution in [0.2, 0.25) is 0 Å². The Bertz CT molecular complexity index is 934. The number of benzene rings is 2. The van der Waals surface area contributed by atoms with Crippen molar-refractivity contribution in [1.29, 1.82) is 5.26 Å². The average Bonchev–Trinajstić information content (AvgIpc) is 2.65. The molecule has 0 fully saturated rings. The number of ether oxygens (including phenoxy) is 1. The number of nitrogens with one attached hydrogen (secondary N) is 2. The summed E-state index contributed by atoms with van der Waals surface area (Å²) in [5.41, 5.74) is 1.80. The first-order valence-corrected chi connectivity index (χ1v) is 7.78. The molecule has 0 atom stereocenters. The molecule has 25 heavy (non-hydrogen) atoms. The van der Waals surface area contributed by atoms with Crippen molar-refractivity contribution >= 4 is 22.6 Å². The van der Waals surface area contributed by atoms with E-state index in [0.717, 1.165) is 16.7 Å². The maximum absolute atomic E-state index is 11.9. The van der Waals surface area contributed by atoms with Gasteiger partial charge in [0.05, 0.1) is 23.3 Å². The van der Waals surface area contributed by atoms with Crippen molar-refractivity contribution in [1.82, 2.24) is 10.3 Å². The van der Waals surface area contributed by atoms with Crippen LogP contribution in [0.4, 0.5) is 10.5 Å². The van der Waals surface area contributed by atoms with Gasteiger partial charge in [0.15, 0.2) is 0 Å². The second kappa shape index (κ2) is 7.79. The number of amides is 2. The van der Waals surface area contributed by atoms with Gasteiger partial charge in [0, 0.05) is 11.6 Å². The molecule has 0 aliphatic carbocycles. The van der Waals surface area contributed by atoms with Crippen molar-refractivity contribution in [3.05, 3.63) is 66.4 Å². The Hall–Kier alpha value is -3.59. The lowest BCUT2D eigenvalue weighted by atomic mass is 10.2. The lowest BCUT2D eigenvalue weighted by Gasteiger charge is -2.10. The maximum atomic E-state index is 11.9. The van der Waals surface area contributed by atoms with E-state index in [1.165, 1.54) is 0 Å². The van der Waals surface area contributed by atoms with Gasteiger partial charge in [-0.3, -0.25) is 4.98 Å². The molecular formula is C19H16N4O2. The van der Waals surface area contributed by atoms with Crippen LogP contribution in [-0.2, 0) is 0 Å². The second-order valence-electron chi connectivity index (χ2n) is 5.24. The highest BCUT2D eigenvalue weighted by atomic mass is 16.5. The van der Waals surface area contributed by atoms with Crippen molar-refractivity contribution in [3.63, 3.8) is 0 Å². The summed E-state index contributed by atoms with van der Waals surface area (Å²) in [6.45, 7) is 0.671. The van der Waals surface area contributed by atoms with Crippen LogP contribution in [0.15, 0.2) is 60.8 Å². The first kappa shape index (κ1) is 16.3. The summed E-state index contributed by atoms with van der Waals surface area (Å²) in [6.07, 6.45) is 1.75. The van der Waals surface area contributed by atoms with Crippen LogP contribution >= 0.6 is 0 Å². The minimum atomic E-state index is -0.381. The minimum absolute atomic E-state index is 0.332. The van der Waals surface area contributed by atoms with Crippen LogP contribution in [-0.4, -0.2) is 24.2 Å². The molecule has 0 radical (unpaired) electrons. The predicted octanol–water partition coefficient (Wildman–Crippen LogP) is 3.31. The van der Waals surface area contributed by atoms with E-state index >= 15 is 0 Å². The van der Waals surface area contributed by atoms with E-state index in [0.29, 0.717) is 24.4 Å². The molecule has 1 aromatic heterocycles. The van der Waals surface area contributed by atoms with Gasteiger partial charge in [-0.25, -0.2) is 4.79 Å². The first-order chi connectivity index (χ1) is 12.3. The van der Waals surface area contributed by atoms with E-state index in [-0.39, 0.29) is 6.03 Å². The molecule has 0 unspecified atom stereocenters. The standard InChI is InChI=1S/C19H16N4O2/c20-13-15-4-1-2-6-18(15)23-19(24)22-10-11-25-16-7-8-17-14(12-16)5-3-9-21-17/h1-9,12H,10-11H2,(H2,22,23,24). The molecule has 0 saturated carbocycles. The molecule has 2 amide bonds. The summed E-state index contributed by atoms with van der Waals surface area (Å²) in [5.74, 6) is 0.720. The number of fused-ring (bicyclic) bond motifs is 1. The number of para-hydroxylation sites is 1. The first-order valence-electron chi connectivity index (χ1n) is 7.78.